The number of aliphatic hydroxyl groups is 1. The van der Waals surface area contributed by atoms with Gasteiger partial charge in [-0.3, -0.25) is 4.79 Å². The predicted molar refractivity (Wildman–Crippen MR) is 75.9 cm³/mol. The van der Waals surface area contributed by atoms with Gasteiger partial charge in [-0.2, -0.15) is 0 Å². The van der Waals surface area contributed by atoms with Crippen LogP contribution in [-0.4, -0.2) is 30.2 Å². The molecule has 2 rings (SSSR count). The lowest BCUT2D eigenvalue weighted by molar-refractivity contribution is -0.115. The van der Waals surface area contributed by atoms with E-state index < -0.39 is 0 Å². The molecule has 0 spiro atoms. The van der Waals surface area contributed by atoms with Crippen LogP contribution in [0.25, 0.3) is 0 Å². The molecule has 2 unspecified atom stereocenters. The third-order valence-electron chi connectivity index (χ3n) is 3.62. The predicted octanol–water partition coefficient (Wildman–Crippen LogP) is 1.77. The maximum atomic E-state index is 11.7. The van der Waals surface area contributed by atoms with Crippen LogP contribution in [0.2, 0.25) is 0 Å². The fourth-order valence-corrected chi connectivity index (χ4v) is 2.52. The fraction of sp³-hybridized carbons (Fsp3) is 0.533. The topological polar surface area (TPSA) is 61.4 Å². The van der Waals surface area contributed by atoms with Crippen molar-refractivity contribution in [2.45, 2.75) is 31.8 Å². The normalized spacial score (nSPS) is 23.0. The molecule has 1 saturated carbocycles. The average molecular weight is 262 g/mol. The molecule has 4 nitrogen and oxygen atoms in total. The fourth-order valence-electron chi connectivity index (χ4n) is 2.52. The van der Waals surface area contributed by atoms with Crippen LogP contribution < -0.4 is 10.6 Å². The van der Waals surface area contributed by atoms with Gasteiger partial charge in [0.1, 0.15) is 0 Å². The molecule has 0 bridgehead atoms. The largest absolute Gasteiger partial charge is 0.393 e. The molecule has 19 heavy (non-hydrogen) atoms. The van der Waals surface area contributed by atoms with Crippen LogP contribution in [0.4, 0.5) is 5.69 Å². The molecule has 0 aliphatic heterocycles. The number of benzene rings is 1. The average Bonchev–Trinajstić information content (AvgIpc) is 2.42. The Bertz CT molecular complexity index is 394. The molecule has 1 amide bonds. The van der Waals surface area contributed by atoms with E-state index in [1.165, 1.54) is 6.42 Å². The Morgan fingerprint density at radius 2 is 1.95 bits per heavy atom. The smallest absolute Gasteiger partial charge is 0.238 e. The molecule has 104 valence electrons. The van der Waals surface area contributed by atoms with E-state index in [1.54, 1.807) is 0 Å². The minimum atomic E-state index is -0.210. The van der Waals surface area contributed by atoms with E-state index in [0.717, 1.165) is 24.9 Å². The summed E-state index contributed by atoms with van der Waals surface area (Å²) in [6.45, 7) is 1.00. The van der Waals surface area contributed by atoms with Crippen molar-refractivity contribution in [3.63, 3.8) is 0 Å². The lowest BCUT2D eigenvalue weighted by Crippen LogP contribution is -2.37. The van der Waals surface area contributed by atoms with E-state index in [-0.39, 0.29) is 18.6 Å². The number of carbonyl (C=O) groups excluding carboxylic acids is 1. The number of anilines is 1. The van der Waals surface area contributed by atoms with Crippen LogP contribution in [-0.2, 0) is 4.79 Å². The van der Waals surface area contributed by atoms with Crippen LogP contribution in [0.1, 0.15) is 25.7 Å². The molecule has 4 heteroatoms. The van der Waals surface area contributed by atoms with Gasteiger partial charge in [0.15, 0.2) is 0 Å². The molecule has 3 N–H and O–H groups in total. The number of carbonyl (C=O) groups is 1. The summed E-state index contributed by atoms with van der Waals surface area (Å²) in [6, 6.07) is 9.42. The number of aliphatic hydroxyl groups excluding tert-OH is 1. The van der Waals surface area contributed by atoms with Crippen molar-refractivity contribution < 1.29 is 9.90 Å². The van der Waals surface area contributed by atoms with Crippen molar-refractivity contribution in [3.8, 4) is 0 Å². The molecule has 1 aliphatic rings. The minimum absolute atomic E-state index is 0.0449. The molecule has 0 heterocycles. The zero-order chi connectivity index (χ0) is 13.5. The van der Waals surface area contributed by atoms with Crippen molar-refractivity contribution >= 4 is 11.6 Å². The highest BCUT2D eigenvalue weighted by atomic mass is 16.3. The van der Waals surface area contributed by atoms with Gasteiger partial charge in [0.05, 0.1) is 12.6 Å². The monoisotopic (exact) mass is 262 g/mol. The van der Waals surface area contributed by atoms with Gasteiger partial charge in [-0.05, 0) is 30.9 Å². The van der Waals surface area contributed by atoms with E-state index in [0.29, 0.717) is 12.5 Å². The molecule has 1 aromatic carbocycles. The summed E-state index contributed by atoms with van der Waals surface area (Å²) in [7, 11) is 0. The summed E-state index contributed by atoms with van der Waals surface area (Å²) in [4.78, 5) is 11.7. The maximum Gasteiger partial charge on any atom is 0.238 e. The highest BCUT2D eigenvalue weighted by Gasteiger charge is 2.22. The van der Waals surface area contributed by atoms with Crippen LogP contribution in [0.3, 0.4) is 0 Å². The number of nitrogens with one attached hydrogen (secondary N) is 2. The van der Waals surface area contributed by atoms with Gasteiger partial charge in [0.2, 0.25) is 5.91 Å². The first-order chi connectivity index (χ1) is 9.25. The number of rotatable bonds is 5. The molecule has 0 aromatic heterocycles. The first kappa shape index (κ1) is 14.0. The van der Waals surface area contributed by atoms with Gasteiger partial charge in [0, 0.05) is 12.2 Å². The second kappa shape index (κ2) is 7.26. The second-order valence-electron chi connectivity index (χ2n) is 5.16. The van der Waals surface area contributed by atoms with Crippen molar-refractivity contribution in [3.05, 3.63) is 30.3 Å². The van der Waals surface area contributed by atoms with Crippen molar-refractivity contribution in [1.82, 2.24) is 5.32 Å². The molecule has 0 saturated heterocycles. The quantitative estimate of drug-likeness (QED) is 0.758. The van der Waals surface area contributed by atoms with Crippen molar-refractivity contribution in [2.75, 3.05) is 18.4 Å². The number of hydrogen-bond acceptors (Lipinski definition) is 3. The summed E-state index contributed by atoms with van der Waals surface area (Å²) in [5, 5.41) is 15.8. The zero-order valence-electron chi connectivity index (χ0n) is 11.1. The summed E-state index contributed by atoms with van der Waals surface area (Å²) in [5.41, 5.74) is 0.812. The van der Waals surface area contributed by atoms with Gasteiger partial charge in [-0.25, -0.2) is 0 Å². The van der Waals surface area contributed by atoms with Gasteiger partial charge < -0.3 is 15.7 Å². The molecule has 2 atom stereocenters. The number of amides is 1. The van der Waals surface area contributed by atoms with E-state index >= 15 is 0 Å². The SMILES string of the molecule is O=C(CNCC1CCCCC1O)Nc1ccccc1. The molecule has 1 aromatic rings. The summed E-state index contributed by atoms with van der Waals surface area (Å²) in [5.74, 6) is 0.245. The van der Waals surface area contributed by atoms with Gasteiger partial charge >= 0.3 is 0 Å². The van der Waals surface area contributed by atoms with Crippen molar-refractivity contribution in [2.24, 2.45) is 5.92 Å². The summed E-state index contributed by atoms with van der Waals surface area (Å²) in [6.07, 6.45) is 4.03. The first-order valence-electron chi connectivity index (χ1n) is 6.99. The number of hydrogen-bond donors (Lipinski definition) is 3. The third-order valence-corrected chi connectivity index (χ3v) is 3.62. The zero-order valence-corrected chi connectivity index (χ0v) is 11.1. The van der Waals surface area contributed by atoms with E-state index in [1.807, 2.05) is 30.3 Å². The lowest BCUT2D eigenvalue weighted by atomic mass is 9.86. The van der Waals surface area contributed by atoms with Crippen LogP contribution in [0.15, 0.2) is 30.3 Å². The lowest BCUT2D eigenvalue weighted by Gasteiger charge is -2.27. The Hall–Kier alpha value is -1.39. The maximum absolute atomic E-state index is 11.7. The Kier molecular flexibility index (Phi) is 5.36. The Morgan fingerprint density at radius 1 is 1.21 bits per heavy atom. The molecule has 1 fully saturated rings. The Balaban J connectivity index is 1.66. The molecular formula is C15H22N2O2. The molecular weight excluding hydrogens is 240 g/mol. The van der Waals surface area contributed by atoms with Gasteiger partial charge in [-0.15, -0.1) is 0 Å². The van der Waals surface area contributed by atoms with Crippen molar-refractivity contribution in [1.29, 1.82) is 0 Å². The highest BCUT2D eigenvalue weighted by molar-refractivity contribution is 5.92. The number of para-hydroxylation sites is 1. The molecule has 1 aliphatic carbocycles. The summed E-state index contributed by atoms with van der Waals surface area (Å²) < 4.78 is 0. The van der Waals surface area contributed by atoms with E-state index in [2.05, 4.69) is 10.6 Å². The van der Waals surface area contributed by atoms with Gasteiger partial charge in [0.25, 0.3) is 0 Å². The third kappa shape index (κ3) is 4.65. The van der Waals surface area contributed by atoms with Crippen LogP contribution in [0.5, 0.6) is 0 Å². The molecule has 0 radical (unpaired) electrons. The highest BCUT2D eigenvalue weighted by Crippen LogP contribution is 2.23. The first-order valence-corrected chi connectivity index (χ1v) is 6.99. The summed E-state index contributed by atoms with van der Waals surface area (Å²) >= 11 is 0. The minimum Gasteiger partial charge on any atom is -0.393 e. The Labute approximate surface area is 114 Å². The standard InChI is InChI=1S/C15H22N2O2/c18-14-9-5-4-6-12(14)10-16-11-15(19)17-13-7-2-1-3-8-13/h1-3,7-8,12,14,16,18H,4-6,9-11H2,(H,17,19). The van der Waals surface area contributed by atoms with Gasteiger partial charge in [-0.1, -0.05) is 31.0 Å². The second-order valence-corrected chi connectivity index (χ2v) is 5.16. The van der Waals surface area contributed by atoms with Crippen LogP contribution >= 0.6 is 0 Å². The van der Waals surface area contributed by atoms with Crippen LogP contribution in [0, 0.1) is 5.92 Å². The van der Waals surface area contributed by atoms with E-state index in [4.69, 9.17) is 0 Å². The van der Waals surface area contributed by atoms with E-state index in [9.17, 15) is 9.90 Å². The Morgan fingerprint density at radius 3 is 2.68 bits per heavy atom.